The number of hydrogen-bond donors (Lipinski definition) is 1. The highest BCUT2D eigenvalue weighted by atomic mass is 19.1. The highest BCUT2D eigenvalue weighted by Crippen LogP contribution is 2.42. The molecule has 0 atom stereocenters. The number of fused-ring (bicyclic) bond motifs is 1. The summed E-state index contributed by atoms with van der Waals surface area (Å²) in [7, 11) is 0. The molecule has 0 radical (unpaired) electrons. The summed E-state index contributed by atoms with van der Waals surface area (Å²) >= 11 is 0. The van der Waals surface area contributed by atoms with E-state index in [1.165, 1.54) is 6.07 Å². The third kappa shape index (κ3) is 4.52. The van der Waals surface area contributed by atoms with Crippen molar-refractivity contribution < 1.29 is 19.3 Å². The molecule has 0 aromatic heterocycles. The van der Waals surface area contributed by atoms with Gasteiger partial charge in [0.1, 0.15) is 12.4 Å². The van der Waals surface area contributed by atoms with Crippen molar-refractivity contribution in [2.45, 2.75) is 19.4 Å². The minimum Gasteiger partial charge on any atom is -0.508 e. The first-order chi connectivity index (χ1) is 16.2. The predicted molar refractivity (Wildman–Crippen MR) is 127 cm³/mol. The zero-order valence-corrected chi connectivity index (χ0v) is 18.0. The summed E-state index contributed by atoms with van der Waals surface area (Å²) in [5.74, 6) is -0.201. The van der Waals surface area contributed by atoms with Gasteiger partial charge in [-0.05, 0) is 76.1 Å². The first kappa shape index (κ1) is 21.0. The number of phenols is 1. The maximum Gasteiger partial charge on any atom is 0.201 e. The normalized spacial score (nSPS) is 13.0. The van der Waals surface area contributed by atoms with Gasteiger partial charge in [0.15, 0.2) is 5.82 Å². The molecule has 0 saturated carbocycles. The molecular weight excluding hydrogens is 415 g/mol. The fourth-order valence-corrected chi connectivity index (χ4v) is 4.27. The molecule has 0 spiro atoms. The van der Waals surface area contributed by atoms with Crippen LogP contribution in [-0.4, -0.2) is 5.11 Å². The summed E-state index contributed by atoms with van der Waals surface area (Å²) < 4.78 is 15.1. The summed E-state index contributed by atoms with van der Waals surface area (Å²) in [5, 5.41) is 9.77. The minimum atomic E-state index is -0.479. The Morgan fingerprint density at radius 3 is 2.18 bits per heavy atom. The van der Waals surface area contributed by atoms with E-state index < -0.39 is 5.82 Å². The van der Waals surface area contributed by atoms with Gasteiger partial charge in [-0.3, -0.25) is 0 Å². The van der Waals surface area contributed by atoms with Crippen molar-refractivity contribution in [2.24, 2.45) is 0 Å². The van der Waals surface area contributed by atoms with Crippen LogP contribution in [0.5, 0.6) is 11.5 Å². The van der Waals surface area contributed by atoms with Crippen LogP contribution < -0.4 is 4.89 Å². The standard InChI is InChI=1S/C29H23FO3/c30-27-18-26-23(17-28(27)33-32-19-20-7-3-1-4-8-20)13-16-25(21-9-5-2-6-10-21)29(26)22-11-14-24(31)15-12-22/h1-12,14-15,17-18,31H,13,16,19H2. The van der Waals surface area contributed by atoms with E-state index in [-0.39, 0.29) is 18.1 Å². The lowest BCUT2D eigenvalue weighted by Crippen LogP contribution is -2.08. The van der Waals surface area contributed by atoms with Crippen LogP contribution in [-0.2, 0) is 17.9 Å². The van der Waals surface area contributed by atoms with E-state index in [1.807, 2.05) is 60.7 Å². The summed E-state index contributed by atoms with van der Waals surface area (Å²) in [4.78, 5) is 10.7. The van der Waals surface area contributed by atoms with Gasteiger partial charge in [-0.25, -0.2) is 4.39 Å². The number of phenolic OH excluding ortho intramolecular Hbond substituents is 1. The first-order valence-corrected chi connectivity index (χ1v) is 10.9. The summed E-state index contributed by atoms with van der Waals surface area (Å²) in [6, 6.07) is 30.1. The van der Waals surface area contributed by atoms with E-state index in [4.69, 9.17) is 9.78 Å². The quantitative estimate of drug-likeness (QED) is 0.262. The van der Waals surface area contributed by atoms with Crippen molar-refractivity contribution in [1.29, 1.82) is 0 Å². The van der Waals surface area contributed by atoms with E-state index in [1.54, 1.807) is 18.2 Å². The highest BCUT2D eigenvalue weighted by molar-refractivity contribution is 6.00. The Morgan fingerprint density at radius 2 is 1.45 bits per heavy atom. The summed E-state index contributed by atoms with van der Waals surface area (Å²) in [5.41, 5.74) is 6.94. The molecule has 1 N–H and O–H groups in total. The van der Waals surface area contributed by atoms with Crippen molar-refractivity contribution in [3.05, 3.63) is 131 Å². The van der Waals surface area contributed by atoms with E-state index >= 15 is 4.39 Å². The van der Waals surface area contributed by atoms with Gasteiger partial charge >= 0.3 is 0 Å². The highest BCUT2D eigenvalue weighted by Gasteiger charge is 2.24. The monoisotopic (exact) mass is 438 g/mol. The molecule has 164 valence electrons. The van der Waals surface area contributed by atoms with E-state index in [0.717, 1.165) is 51.8 Å². The number of benzene rings is 4. The van der Waals surface area contributed by atoms with Crippen LogP contribution in [0.2, 0.25) is 0 Å². The molecule has 0 heterocycles. The molecule has 0 amide bonds. The van der Waals surface area contributed by atoms with Gasteiger partial charge in [0, 0.05) is 0 Å². The first-order valence-electron chi connectivity index (χ1n) is 10.9. The van der Waals surface area contributed by atoms with Crippen LogP contribution in [0.1, 0.15) is 34.2 Å². The van der Waals surface area contributed by atoms with Crippen molar-refractivity contribution in [2.75, 3.05) is 0 Å². The van der Waals surface area contributed by atoms with Crippen molar-refractivity contribution in [1.82, 2.24) is 0 Å². The molecular formula is C29H23FO3. The fraction of sp³-hybridized carbons (Fsp3) is 0.103. The predicted octanol–water partition coefficient (Wildman–Crippen LogP) is 6.95. The fourth-order valence-electron chi connectivity index (χ4n) is 4.27. The van der Waals surface area contributed by atoms with Crippen LogP contribution in [0.4, 0.5) is 4.39 Å². The molecule has 4 aromatic rings. The van der Waals surface area contributed by atoms with Gasteiger partial charge in [0.25, 0.3) is 0 Å². The molecule has 0 fully saturated rings. The number of rotatable bonds is 6. The maximum absolute atomic E-state index is 15.1. The van der Waals surface area contributed by atoms with Crippen LogP contribution >= 0.6 is 0 Å². The zero-order valence-electron chi connectivity index (χ0n) is 18.0. The molecule has 1 aliphatic carbocycles. The smallest absolute Gasteiger partial charge is 0.201 e. The molecule has 1 aliphatic rings. The van der Waals surface area contributed by atoms with E-state index in [0.29, 0.717) is 0 Å². The van der Waals surface area contributed by atoms with Gasteiger partial charge in [-0.1, -0.05) is 72.8 Å². The number of aromatic hydroxyl groups is 1. The lowest BCUT2D eigenvalue weighted by Gasteiger charge is -2.25. The number of allylic oxidation sites excluding steroid dienone is 1. The Hall–Kier alpha value is -3.89. The Labute approximate surface area is 192 Å². The van der Waals surface area contributed by atoms with Crippen molar-refractivity contribution in [3.63, 3.8) is 0 Å². The molecule has 4 heteroatoms. The van der Waals surface area contributed by atoms with Gasteiger partial charge in [0.2, 0.25) is 5.75 Å². The van der Waals surface area contributed by atoms with Gasteiger partial charge < -0.3 is 9.99 Å². The Bertz CT molecular complexity index is 1280. The lowest BCUT2D eigenvalue weighted by molar-refractivity contribution is -0.219. The van der Waals surface area contributed by atoms with Gasteiger partial charge in [-0.15, -0.1) is 0 Å². The topological polar surface area (TPSA) is 38.7 Å². The molecule has 33 heavy (non-hydrogen) atoms. The molecule has 5 rings (SSSR count). The summed E-state index contributed by atoms with van der Waals surface area (Å²) in [6.45, 7) is 0.230. The van der Waals surface area contributed by atoms with E-state index in [2.05, 4.69) is 12.1 Å². The lowest BCUT2D eigenvalue weighted by atomic mass is 9.79. The maximum atomic E-state index is 15.1. The largest absolute Gasteiger partial charge is 0.508 e. The second-order valence-electron chi connectivity index (χ2n) is 8.04. The SMILES string of the molecule is Oc1ccc(C2=C(c3ccccc3)CCc3cc(OOCc4ccccc4)c(F)cc32)cc1. The molecule has 4 aromatic carbocycles. The average molecular weight is 438 g/mol. The van der Waals surface area contributed by atoms with Gasteiger partial charge in [-0.2, -0.15) is 4.89 Å². The third-order valence-electron chi connectivity index (χ3n) is 5.87. The number of halogens is 1. The zero-order chi connectivity index (χ0) is 22.6. The second-order valence-corrected chi connectivity index (χ2v) is 8.04. The molecule has 0 unspecified atom stereocenters. The Balaban J connectivity index is 1.51. The van der Waals surface area contributed by atoms with Crippen LogP contribution in [0.3, 0.4) is 0 Å². The van der Waals surface area contributed by atoms with Crippen LogP contribution in [0.25, 0.3) is 11.1 Å². The molecule has 3 nitrogen and oxygen atoms in total. The summed E-state index contributed by atoms with van der Waals surface area (Å²) in [6.07, 6.45) is 1.57. The van der Waals surface area contributed by atoms with Crippen molar-refractivity contribution >= 4 is 11.1 Å². The minimum absolute atomic E-state index is 0.0814. The Kier molecular flexibility index (Phi) is 5.92. The number of aryl methyl sites for hydroxylation is 1. The third-order valence-corrected chi connectivity index (χ3v) is 5.87. The Morgan fingerprint density at radius 1 is 0.758 bits per heavy atom. The number of hydrogen-bond acceptors (Lipinski definition) is 3. The second kappa shape index (κ2) is 9.31. The molecule has 0 aliphatic heterocycles. The average Bonchev–Trinajstić information content (AvgIpc) is 2.85. The van der Waals surface area contributed by atoms with E-state index in [9.17, 15) is 5.11 Å². The molecule has 0 saturated heterocycles. The molecule has 0 bridgehead atoms. The van der Waals surface area contributed by atoms with Crippen LogP contribution in [0.15, 0.2) is 97.1 Å². The van der Waals surface area contributed by atoms with Crippen molar-refractivity contribution in [3.8, 4) is 11.5 Å². The van der Waals surface area contributed by atoms with Crippen LogP contribution in [0, 0.1) is 5.82 Å². The van der Waals surface area contributed by atoms with Gasteiger partial charge in [0.05, 0.1) is 0 Å².